The van der Waals surface area contributed by atoms with Crippen molar-refractivity contribution in [2.24, 2.45) is 0 Å². The molecule has 1 aliphatic rings. The minimum absolute atomic E-state index is 0.0412. The highest BCUT2D eigenvalue weighted by Gasteiger charge is 2.34. The van der Waals surface area contributed by atoms with Crippen molar-refractivity contribution in [1.82, 2.24) is 10.2 Å². The van der Waals surface area contributed by atoms with Crippen molar-refractivity contribution in [3.05, 3.63) is 46.5 Å². The molecule has 1 saturated carbocycles. The first-order chi connectivity index (χ1) is 11.8. The third kappa shape index (κ3) is 5.75. The molecule has 0 heterocycles. The van der Waals surface area contributed by atoms with Gasteiger partial charge in [0.2, 0.25) is 11.8 Å². The Morgan fingerprint density at radius 3 is 2.60 bits per heavy atom. The highest BCUT2D eigenvalue weighted by Crippen LogP contribution is 2.27. The molecule has 0 spiro atoms. The molecule has 0 aromatic heterocycles. The predicted octanol–water partition coefficient (Wildman–Crippen LogP) is 1.21. The van der Waals surface area contributed by atoms with Gasteiger partial charge in [-0.25, -0.2) is 0 Å². The van der Waals surface area contributed by atoms with Gasteiger partial charge >= 0.3 is 7.12 Å². The summed E-state index contributed by atoms with van der Waals surface area (Å²) in [7, 11) is -1.78. The van der Waals surface area contributed by atoms with E-state index in [9.17, 15) is 19.6 Å². The van der Waals surface area contributed by atoms with Gasteiger partial charge in [-0.05, 0) is 43.0 Å². The second kappa shape index (κ2) is 8.71. The van der Waals surface area contributed by atoms with Gasteiger partial charge < -0.3 is 20.3 Å². The Labute approximate surface area is 156 Å². The van der Waals surface area contributed by atoms with Crippen molar-refractivity contribution in [2.75, 3.05) is 6.54 Å². The van der Waals surface area contributed by atoms with Crippen molar-refractivity contribution >= 4 is 42.1 Å². The van der Waals surface area contributed by atoms with E-state index in [-0.39, 0.29) is 24.9 Å². The molecule has 1 fully saturated rings. The van der Waals surface area contributed by atoms with Crippen molar-refractivity contribution in [2.45, 2.75) is 31.2 Å². The van der Waals surface area contributed by atoms with Crippen LogP contribution in [0.5, 0.6) is 0 Å². The fourth-order valence-electron chi connectivity index (χ4n) is 2.45. The van der Waals surface area contributed by atoms with E-state index < -0.39 is 19.0 Å². The summed E-state index contributed by atoms with van der Waals surface area (Å²) in [4.78, 5) is 25.5. The maximum Gasteiger partial charge on any atom is 0.475 e. The summed E-state index contributed by atoms with van der Waals surface area (Å²) in [6, 6.07) is 4.87. The van der Waals surface area contributed by atoms with Crippen molar-refractivity contribution < 1.29 is 19.6 Å². The number of halogens is 2. The van der Waals surface area contributed by atoms with E-state index in [2.05, 4.69) is 11.9 Å². The number of carbonyl (C=O) groups excluding carboxylic acids is 2. The van der Waals surface area contributed by atoms with Crippen LogP contribution in [-0.2, 0) is 16.0 Å². The molecular weight excluding hydrogens is 366 g/mol. The Morgan fingerprint density at radius 1 is 1.40 bits per heavy atom. The quantitative estimate of drug-likeness (QED) is 0.464. The molecular formula is C16H19BCl2N2O4. The van der Waals surface area contributed by atoms with Gasteiger partial charge in [0.15, 0.2) is 0 Å². The summed E-state index contributed by atoms with van der Waals surface area (Å²) in [5, 5.41) is 22.5. The predicted molar refractivity (Wildman–Crippen MR) is 97.2 cm³/mol. The number of hydrogen-bond donors (Lipinski definition) is 3. The Hall–Kier alpha value is -1.54. The SMILES string of the molecule is C=CC(=O)N(CC(=O)NC(Cc1ccc(Cl)cc1Cl)B(O)O)C1CC1. The maximum absolute atomic E-state index is 12.2. The van der Waals surface area contributed by atoms with Gasteiger partial charge in [-0.15, -0.1) is 0 Å². The number of carbonyl (C=O) groups is 2. The van der Waals surface area contributed by atoms with E-state index in [0.717, 1.165) is 18.9 Å². The molecule has 0 saturated heterocycles. The van der Waals surface area contributed by atoms with Gasteiger partial charge in [0, 0.05) is 16.1 Å². The highest BCUT2D eigenvalue weighted by atomic mass is 35.5. The van der Waals surface area contributed by atoms with Gasteiger partial charge in [-0.3, -0.25) is 9.59 Å². The summed E-state index contributed by atoms with van der Waals surface area (Å²) in [6.45, 7) is 3.27. The van der Waals surface area contributed by atoms with Crippen LogP contribution >= 0.6 is 23.2 Å². The van der Waals surface area contributed by atoms with Crippen LogP contribution in [0.4, 0.5) is 0 Å². The molecule has 1 aromatic carbocycles. The molecule has 1 aliphatic carbocycles. The standard InChI is InChI=1S/C16H19BCl2N2O4/c1-2-16(23)21(12-5-6-12)9-15(22)20-14(17(24)25)7-10-3-4-11(18)8-13(10)19/h2-4,8,12,14,24-25H,1,5-7,9H2,(H,20,22). The molecule has 9 heteroatoms. The normalized spacial score (nSPS) is 14.6. The summed E-state index contributed by atoms with van der Waals surface area (Å²) in [5.74, 6) is -1.77. The molecule has 0 aliphatic heterocycles. The van der Waals surface area contributed by atoms with Crippen molar-refractivity contribution in [3.63, 3.8) is 0 Å². The third-order valence-electron chi connectivity index (χ3n) is 3.92. The summed E-state index contributed by atoms with van der Waals surface area (Å²) >= 11 is 11.9. The van der Waals surface area contributed by atoms with Gasteiger partial charge in [0.1, 0.15) is 6.54 Å². The average Bonchev–Trinajstić information content (AvgIpc) is 3.38. The van der Waals surface area contributed by atoms with Crippen molar-refractivity contribution in [1.29, 1.82) is 0 Å². The zero-order chi connectivity index (χ0) is 18.6. The van der Waals surface area contributed by atoms with E-state index in [1.807, 2.05) is 0 Å². The van der Waals surface area contributed by atoms with Gasteiger partial charge in [-0.1, -0.05) is 35.8 Å². The van der Waals surface area contributed by atoms with E-state index in [0.29, 0.717) is 15.6 Å². The fraction of sp³-hybridized carbons (Fsp3) is 0.375. The number of hydrogen-bond acceptors (Lipinski definition) is 4. The molecule has 25 heavy (non-hydrogen) atoms. The van der Waals surface area contributed by atoms with Crippen LogP contribution in [0.15, 0.2) is 30.9 Å². The molecule has 6 nitrogen and oxygen atoms in total. The Morgan fingerprint density at radius 2 is 2.08 bits per heavy atom. The second-order valence-corrected chi connectivity index (χ2v) is 6.77. The molecule has 0 radical (unpaired) electrons. The Balaban J connectivity index is 2.01. The molecule has 1 atom stereocenters. The minimum Gasteiger partial charge on any atom is -0.426 e. The summed E-state index contributed by atoms with van der Waals surface area (Å²) < 4.78 is 0. The molecule has 134 valence electrons. The van der Waals surface area contributed by atoms with E-state index in [1.165, 1.54) is 4.90 Å². The first-order valence-corrected chi connectivity index (χ1v) is 8.60. The van der Waals surface area contributed by atoms with Gasteiger partial charge in [0.25, 0.3) is 0 Å². The summed E-state index contributed by atoms with van der Waals surface area (Å²) in [5.41, 5.74) is 0.616. The third-order valence-corrected chi connectivity index (χ3v) is 4.51. The van der Waals surface area contributed by atoms with Gasteiger partial charge in [-0.2, -0.15) is 0 Å². The number of rotatable bonds is 8. The highest BCUT2D eigenvalue weighted by molar-refractivity contribution is 6.43. The van der Waals surface area contributed by atoms with Crippen LogP contribution in [0.25, 0.3) is 0 Å². The molecule has 2 amide bonds. The smallest absolute Gasteiger partial charge is 0.426 e. The average molecular weight is 385 g/mol. The number of benzene rings is 1. The van der Waals surface area contributed by atoms with Crippen LogP contribution < -0.4 is 5.32 Å². The molecule has 1 unspecified atom stereocenters. The maximum atomic E-state index is 12.2. The van der Waals surface area contributed by atoms with Crippen LogP contribution in [0, 0.1) is 0 Å². The lowest BCUT2D eigenvalue weighted by atomic mass is 9.76. The first-order valence-electron chi connectivity index (χ1n) is 7.84. The van der Waals surface area contributed by atoms with E-state index in [4.69, 9.17) is 23.2 Å². The van der Waals surface area contributed by atoms with Crippen LogP contribution in [0.3, 0.4) is 0 Å². The molecule has 1 aromatic rings. The summed E-state index contributed by atoms with van der Waals surface area (Å²) in [6.07, 6.45) is 2.97. The van der Waals surface area contributed by atoms with Crippen molar-refractivity contribution in [3.8, 4) is 0 Å². The second-order valence-electron chi connectivity index (χ2n) is 5.93. The zero-order valence-corrected chi connectivity index (χ0v) is 15.0. The largest absolute Gasteiger partial charge is 0.475 e. The van der Waals surface area contributed by atoms with E-state index >= 15 is 0 Å². The topological polar surface area (TPSA) is 89.9 Å². The first kappa shape index (κ1) is 19.8. The number of nitrogens with one attached hydrogen (secondary N) is 1. The zero-order valence-electron chi connectivity index (χ0n) is 13.5. The van der Waals surface area contributed by atoms with Gasteiger partial charge in [0.05, 0.1) is 5.94 Å². The van der Waals surface area contributed by atoms with Crippen LogP contribution in [0.1, 0.15) is 18.4 Å². The van der Waals surface area contributed by atoms with Crippen LogP contribution in [0.2, 0.25) is 10.0 Å². The molecule has 3 N–H and O–H groups in total. The lowest BCUT2D eigenvalue weighted by molar-refractivity contribution is -0.133. The fourth-order valence-corrected chi connectivity index (χ4v) is 2.94. The monoisotopic (exact) mass is 384 g/mol. The lowest BCUT2D eigenvalue weighted by Gasteiger charge is -2.23. The lowest BCUT2D eigenvalue weighted by Crippen LogP contribution is -2.51. The minimum atomic E-state index is -1.78. The number of amides is 2. The molecule has 0 bridgehead atoms. The van der Waals surface area contributed by atoms with E-state index in [1.54, 1.807) is 18.2 Å². The Kier molecular flexibility index (Phi) is 6.90. The van der Waals surface area contributed by atoms with Crippen LogP contribution in [-0.4, -0.2) is 52.4 Å². The Bertz CT molecular complexity index is 668. The number of nitrogens with zero attached hydrogens (tertiary/aromatic N) is 1. The molecule has 2 rings (SSSR count).